The van der Waals surface area contributed by atoms with Crippen molar-refractivity contribution in [3.8, 4) is 0 Å². The standard InChI is InChI=1S/C12H11F3N6/c13-11(14,15)9-10(12(17)18-5-4-7(16)20-12)21-6-2-1-3-8(21)19-9/h1-6,18H,17H2,(H2,16,20). The molecule has 2 aromatic rings. The second-order valence-corrected chi connectivity index (χ2v) is 4.52. The summed E-state index contributed by atoms with van der Waals surface area (Å²) in [5, 5.41) is 2.60. The number of nitrogens with one attached hydrogen (secondary N) is 1. The zero-order valence-corrected chi connectivity index (χ0v) is 10.6. The van der Waals surface area contributed by atoms with E-state index in [1.807, 2.05) is 0 Å². The Kier molecular flexibility index (Phi) is 2.70. The zero-order valence-electron chi connectivity index (χ0n) is 10.6. The first kappa shape index (κ1) is 13.4. The van der Waals surface area contributed by atoms with Crippen molar-refractivity contribution in [2.45, 2.75) is 12.0 Å². The van der Waals surface area contributed by atoms with Crippen LogP contribution < -0.4 is 16.8 Å². The molecule has 0 radical (unpaired) electrons. The molecule has 2 aromatic heterocycles. The van der Waals surface area contributed by atoms with Gasteiger partial charge in [0.15, 0.2) is 5.69 Å². The highest BCUT2D eigenvalue weighted by atomic mass is 19.4. The van der Waals surface area contributed by atoms with Gasteiger partial charge < -0.3 is 11.1 Å². The number of hydrogen-bond donors (Lipinski definition) is 3. The maximum atomic E-state index is 13.3. The van der Waals surface area contributed by atoms with Crippen LogP contribution in [0.15, 0.2) is 41.7 Å². The molecule has 3 rings (SSSR count). The SMILES string of the molecule is NC1=NC(N)(c2c(C(F)(F)F)nc3ccccn23)NC=C1. The minimum absolute atomic E-state index is 0.0234. The lowest BCUT2D eigenvalue weighted by Gasteiger charge is -2.29. The van der Waals surface area contributed by atoms with Gasteiger partial charge >= 0.3 is 6.18 Å². The van der Waals surface area contributed by atoms with Gasteiger partial charge in [0.1, 0.15) is 17.2 Å². The first-order chi connectivity index (χ1) is 9.81. The lowest BCUT2D eigenvalue weighted by molar-refractivity contribution is -0.142. The average Bonchev–Trinajstić information content (AvgIpc) is 2.78. The van der Waals surface area contributed by atoms with Crippen LogP contribution in [0.4, 0.5) is 13.2 Å². The van der Waals surface area contributed by atoms with Gasteiger partial charge in [-0.2, -0.15) is 13.2 Å². The number of hydrogen-bond acceptors (Lipinski definition) is 5. The molecule has 0 bridgehead atoms. The van der Waals surface area contributed by atoms with E-state index in [1.165, 1.54) is 28.9 Å². The van der Waals surface area contributed by atoms with Gasteiger partial charge in [-0.3, -0.25) is 10.1 Å². The van der Waals surface area contributed by atoms with Crippen LogP contribution in [0.2, 0.25) is 0 Å². The predicted molar refractivity (Wildman–Crippen MR) is 70.0 cm³/mol. The Morgan fingerprint density at radius 1 is 1.29 bits per heavy atom. The topological polar surface area (TPSA) is 93.7 Å². The minimum atomic E-state index is -4.67. The van der Waals surface area contributed by atoms with Crippen molar-refractivity contribution < 1.29 is 13.2 Å². The Morgan fingerprint density at radius 2 is 2.05 bits per heavy atom. The van der Waals surface area contributed by atoms with Crippen molar-refractivity contribution >= 4 is 11.5 Å². The van der Waals surface area contributed by atoms with Crippen molar-refractivity contribution in [3.05, 3.63) is 48.1 Å². The van der Waals surface area contributed by atoms with Crippen LogP contribution in [0, 0.1) is 0 Å². The van der Waals surface area contributed by atoms with E-state index in [2.05, 4.69) is 15.3 Å². The van der Waals surface area contributed by atoms with Crippen LogP contribution in [0.1, 0.15) is 11.4 Å². The summed E-state index contributed by atoms with van der Waals surface area (Å²) < 4.78 is 41.0. The second-order valence-electron chi connectivity index (χ2n) is 4.52. The number of pyridine rings is 1. The number of alkyl halides is 3. The molecule has 0 amide bonds. The highest BCUT2D eigenvalue weighted by Crippen LogP contribution is 2.36. The second kappa shape index (κ2) is 4.22. The summed E-state index contributed by atoms with van der Waals surface area (Å²) in [6.07, 6.45) is -0.472. The van der Waals surface area contributed by atoms with Crippen LogP contribution in [0.25, 0.3) is 5.65 Å². The molecule has 5 N–H and O–H groups in total. The van der Waals surface area contributed by atoms with E-state index in [4.69, 9.17) is 11.5 Å². The Morgan fingerprint density at radius 3 is 2.71 bits per heavy atom. The molecule has 21 heavy (non-hydrogen) atoms. The van der Waals surface area contributed by atoms with Crippen molar-refractivity contribution in [2.24, 2.45) is 16.5 Å². The van der Waals surface area contributed by atoms with Gasteiger partial charge in [0.2, 0.25) is 5.79 Å². The maximum Gasteiger partial charge on any atom is 0.435 e. The van der Waals surface area contributed by atoms with E-state index in [9.17, 15) is 13.2 Å². The molecule has 1 aliphatic rings. The van der Waals surface area contributed by atoms with E-state index >= 15 is 0 Å². The highest BCUT2D eigenvalue weighted by Gasteiger charge is 2.45. The number of rotatable bonds is 1. The van der Waals surface area contributed by atoms with E-state index in [0.29, 0.717) is 0 Å². The third-order valence-electron chi connectivity index (χ3n) is 3.02. The number of halogens is 3. The van der Waals surface area contributed by atoms with Gasteiger partial charge in [-0.15, -0.1) is 0 Å². The van der Waals surface area contributed by atoms with E-state index in [1.54, 1.807) is 12.1 Å². The number of aliphatic imine (C=N–C) groups is 1. The molecule has 0 fully saturated rings. The molecule has 1 atom stereocenters. The molecule has 0 aliphatic carbocycles. The lowest BCUT2D eigenvalue weighted by atomic mass is 10.1. The quantitative estimate of drug-likeness (QED) is 0.728. The summed E-state index contributed by atoms with van der Waals surface area (Å²) in [5.74, 6) is -1.82. The molecule has 6 nitrogen and oxygen atoms in total. The van der Waals surface area contributed by atoms with Crippen molar-refractivity contribution in [2.75, 3.05) is 0 Å². The molecule has 9 heteroatoms. The smallest absolute Gasteiger partial charge is 0.384 e. The van der Waals surface area contributed by atoms with Crippen LogP contribution in [-0.4, -0.2) is 15.2 Å². The van der Waals surface area contributed by atoms with E-state index < -0.39 is 17.7 Å². The molecule has 1 aliphatic heterocycles. The summed E-state index contributed by atoms with van der Waals surface area (Å²) >= 11 is 0. The molecule has 0 saturated carbocycles. The third kappa shape index (κ3) is 2.11. The minimum Gasteiger partial charge on any atom is -0.384 e. The number of nitrogens with zero attached hydrogens (tertiary/aromatic N) is 3. The van der Waals surface area contributed by atoms with Gasteiger partial charge in [0.25, 0.3) is 0 Å². The predicted octanol–water partition coefficient (Wildman–Crippen LogP) is 0.896. The molecular weight excluding hydrogens is 285 g/mol. The van der Waals surface area contributed by atoms with Gasteiger partial charge in [-0.25, -0.2) is 9.98 Å². The summed E-state index contributed by atoms with van der Waals surface area (Å²) in [6, 6.07) is 4.61. The van der Waals surface area contributed by atoms with Gasteiger partial charge in [0, 0.05) is 12.4 Å². The fourth-order valence-corrected chi connectivity index (χ4v) is 2.21. The fourth-order valence-electron chi connectivity index (χ4n) is 2.21. The highest BCUT2D eigenvalue weighted by molar-refractivity contribution is 5.92. The maximum absolute atomic E-state index is 13.3. The number of aromatic nitrogens is 2. The van der Waals surface area contributed by atoms with Crippen LogP contribution in [0.3, 0.4) is 0 Å². The number of imidazole rings is 1. The normalized spacial score (nSPS) is 22.2. The largest absolute Gasteiger partial charge is 0.435 e. The van der Waals surface area contributed by atoms with Gasteiger partial charge in [-0.05, 0) is 18.2 Å². The molecule has 0 spiro atoms. The van der Waals surface area contributed by atoms with Crippen LogP contribution >= 0.6 is 0 Å². The summed E-state index contributed by atoms with van der Waals surface area (Å²) in [5.41, 5.74) is 10.2. The molecule has 0 saturated heterocycles. The first-order valence-electron chi connectivity index (χ1n) is 5.94. The molecule has 110 valence electrons. The molecule has 3 heterocycles. The summed E-state index contributed by atoms with van der Waals surface area (Å²) in [7, 11) is 0. The Balaban J connectivity index is 2.33. The number of fused-ring (bicyclic) bond motifs is 1. The first-order valence-corrected chi connectivity index (χ1v) is 5.94. The number of nitrogens with two attached hydrogens (primary N) is 2. The van der Waals surface area contributed by atoms with E-state index in [0.717, 1.165) is 0 Å². The molecule has 1 unspecified atom stereocenters. The third-order valence-corrected chi connectivity index (χ3v) is 3.02. The average molecular weight is 296 g/mol. The molecular formula is C12H11F3N6. The van der Waals surface area contributed by atoms with Crippen molar-refractivity contribution in [1.29, 1.82) is 0 Å². The van der Waals surface area contributed by atoms with Crippen LogP contribution in [0.5, 0.6) is 0 Å². The Bertz CT molecular complexity index is 760. The Labute approximate surface area is 117 Å². The Hall–Kier alpha value is -2.55. The monoisotopic (exact) mass is 296 g/mol. The zero-order chi connectivity index (χ0) is 15.3. The van der Waals surface area contributed by atoms with Crippen LogP contribution in [-0.2, 0) is 12.0 Å². The fraction of sp³-hybridized carbons (Fsp3) is 0.167. The van der Waals surface area contributed by atoms with Crippen molar-refractivity contribution in [3.63, 3.8) is 0 Å². The molecule has 0 aromatic carbocycles. The summed E-state index contributed by atoms with van der Waals surface area (Å²) in [4.78, 5) is 7.51. The van der Waals surface area contributed by atoms with Gasteiger partial charge in [0.05, 0.1) is 0 Å². The number of amidine groups is 1. The van der Waals surface area contributed by atoms with Gasteiger partial charge in [-0.1, -0.05) is 6.07 Å². The van der Waals surface area contributed by atoms with Crippen molar-refractivity contribution in [1.82, 2.24) is 14.7 Å². The lowest BCUT2D eigenvalue weighted by Crippen LogP contribution is -2.51. The summed E-state index contributed by atoms with van der Waals surface area (Å²) in [6.45, 7) is 0. The van der Waals surface area contributed by atoms with E-state index in [-0.39, 0.29) is 17.2 Å².